The Balaban J connectivity index is 1.65. The largest absolute Gasteiger partial charge is 0.350 e. The van der Waals surface area contributed by atoms with Gasteiger partial charge in [0.05, 0.1) is 16.5 Å². The van der Waals surface area contributed by atoms with Crippen LogP contribution in [0.2, 0.25) is 0 Å². The van der Waals surface area contributed by atoms with Crippen molar-refractivity contribution in [3.63, 3.8) is 0 Å². The fraction of sp³-hybridized carbons (Fsp3) is 0.438. The molecule has 2 heterocycles. The van der Waals surface area contributed by atoms with Crippen LogP contribution in [0, 0.1) is 11.3 Å². The van der Waals surface area contributed by atoms with Crippen LogP contribution in [0.3, 0.4) is 0 Å². The highest BCUT2D eigenvalue weighted by Gasteiger charge is 2.52. The van der Waals surface area contributed by atoms with Crippen molar-refractivity contribution in [1.29, 1.82) is 5.26 Å². The van der Waals surface area contributed by atoms with Crippen molar-refractivity contribution in [2.45, 2.75) is 37.2 Å². The quantitative estimate of drug-likeness (QED) is 0.920. The summed E-state index contributed by atoms with van der Waals surface area (Å²) in [6.45, 7) is 2.40. The zero-order chi connectivity index (χ0) is 15.7. The molecule has 0 radical (unpaired) electrons. The van der Waals surface area contributed by atoms with Crippen molar-refractivity contribution < 1.29 is 9.59 Å². The number of hydrogen-bond donors (Lipinski definition) is 1. The summed E-state index contributed by atoms with van der Waals surface area (Å²) < 4.78 is 0. The smallest absolute Gasteiger partial charge is 0.243 e. The number of carbonyl (C=O) groups excluding carboxylic acids is 2. The van der Waals surface area contributed by atoms with E-state index in [2.05, 4.69) is 11.4 Å². The van der Waals surface area contributed by atoms with E-state index in [0.717, 1.165) is 12.0 Å². The molecule has 22 heavy (non-hydrogen) atoms. The predicted molar refractivity (Wildman–Crippen MR) is 83.7 cm³/mol. The number of benzene rings is 1. The molecular weight excluding hydrogens is 298 g/mol. The third kappa shape index (κ3) is 2.57. The summed E-state index contributed by atoms with van der Waals surface area (Å²) in [6.07, 6.45) is 1.34. The standard InChI is InChI=1S/C16H17N3O2S/c1-16-6-5-14(20)19(16)13(10-22-16)15(21)18-9-12-4-2-3-11(7-12)8-17/h2-4,7,13H,5-6,9-10H2,1H3,(H,18,21). The molecule has 0 spiro atoms. The zero-order valence-corrected chi connectivity index (χ0v) is 13.2. The Bertz CT molecular complexity index is 670. The number of rotatable bonds is 3. The van der Waals surface area contributed by atoms with Gasteiger partial charge in [0.2, 0.25) is 11.8 Å². The molecule has 0 bridgehead atoms. The van der Waals surface area contributed by atoms with E-state index in [0.29, 0.717) is 24.3 Å². The van der Waals surface area contributed by atoms with Crippen molar-refractivity contribution in [2.75, 3.05) is 5.75 Å². The highest BCUT2D eigenvalue weighted by molar-refractivity contribution is 8.01. The molecule has 5 nitrogen and oxygen atoms in total. The molecule has 2 aliphatic heterocycles. The second kappa shape index (κ2) is 5.65. The zero-order valence-electron chi connectivity index (χ0n) is 12.3. The molecule has 0 saturated carbocycles. The first-order valence-corrected chi connectivity index (χ1v) is 8.25. The van der Waals surface area contributed by atoms with Gasteiger partial charge in [0.25, 0.3) is 0 Å². The van der Waals surface area contributed by atoms with E-state index in [1.807, 2.05) is 13.0 Å². The number of carbonyl (C=O) groups is 2. The van der Waals surface area contributed by atoms with Crippen molar-refractivity contribution in [3.05, 3.63) is 35.4 Å². The van der Waals surface area contributed by atoms with Crippen molar-refractivity contribution in [2.24, 2.45) is 0 Å². The van der Waals surface area contributed by atoms with Crippen LogP contribution in [0.25, 0.3) is 0 Å². The van der Waals surface area contributed by atoms with Crippen LogP contribution in [-0.4, -0.2) is 33.4 Å². The molecule has 0 aromatic heterocycles. The maximum Gasteiger partial charge on any atom is 0.243 e. The predicted octanol–water partition coefficient (Wildman–Crippen LogP) is 1.63. The molecule has 2 saturated heterocycles. The monoisotopic (exact) mass is 315 g/mol. The highest BCUT2D eigenvalue weighted by atomic mass is 32.2. The minimum atomic E-state index is -0.385. The second-order valence-electron chi connectivity index (χ2n) is 5.80. The second-order valence-corrected chi connectivity index (χ2v) is 7.30. The summed E-state index contributed by atoms with van der Waals surface area (Å²) >= 11 is 1.68. The summed E-state index contributed by atoms with van der Waals surface area (Å²) in [5.41, 5.74) is 1.46. The van der Waals surface area contributed by atoms with Crippen LogP contribution in [0.15, 0.2) is 24.3 Å². The van der Waals surface area contributed by atoms with Gasteiger partial charge in [-0.2, -0.15) is 5.26 Å². The van der Waals surface area contributed by atoms with Crippen LogP contribution in [0.4, 0.5) is 0 Å². The van der Waals surface area contributed by atoms with Crippen molar-refractivity contribution >= 4 is 23.6 Å². The van der Waals surface area contributed by atoms with Crippen LogP contribution >= 0.6 is 11.8 Å². The van der Waals surface area contributed by atoms with Crippen molar-refractivity contribution in [3.8, 4) is 6.07 Å². The maximum absolute atomic E-state index is 12.4. The molecule has 1 aromatic carbocycles. The Hall–Kier alpha value is -2.00. The maximum atomic E-state index is 12.4. The molecule has 2 amide bonds. The summed E-state index contributed by atoms with van der Waals surface area (Å²) in [6, 6.07) is 8.85. The van der Waals surface area contributed by atoms with Gasteiger partial charge in [-0.1, -0.05) is 12.1 Å². The number of nitrogens with zero attached hydrogens (tertiary/aromatic N) is 2. The van der Waals surface area contributed by atoms with Gasteiger partial charge in [-0.15, -0.1) is 11.8 Å². The lowest BCUT2D eigenvalue weighted by Gasteiger charge is -2.29. The summed E-state index contributed by atoms with van der Waals surface area (Å²) in [5.74, 6) is 0.597. The normalized spacial score (nSPS) is 26.6. The summed E-state index contributed by atoms with van der Waals surface area (Å²) in [4.78, 5) is 26.0. The van der Waals surface area contributed by atoms with Crippen LogP contribution in [-0.2, 0) is 16.1 Å². The number of nitrogens with one attached hydrogen (secondary N) is 1. The first-order valence-electron chi connectivity index (χ1n) is 7.26. The van der Waals surface area contributed by atoms with Crippen LogP contribution < -0.4 is 5.32 Å². The van der Waals surface area contributed by atoms with E-state index in [1.54, 1.807) is 34.9 Å². The Morgan fingerprint density at radius 1 is 1.59 bits per heavy atom. The number of hydrogen-bond acceptors (Lipinski definition) is 4. The minimum Gasteiger partial charge on any atom is -0.350 e. The molecule has 2 aliphatic rings. The van der Waals surface area contributed by atoms with Crippen LogP contribution in [0.1, 0.15) is 30.9 Å². The fourth-order valence-electron chi connectivity index (χ4n) is 3.07. The van der Waals surface area contributed by atoms with Gasteiger partial charge in [-0.05, 0) is 31.0 Å². The fourth-order valence-corrected chi connectivity index (χ4v) is 4.50. The van der Waals surface area contributed by atoms with Crippen LogP contribution in [0.5, 0.6) is 0 Å². The van der Waals surface area contributed by atoms with Gasteiger partial charge in [0, 0.05) is 18.7 Å². The third-order valence-electron chi connectivity index (χ3n) is 4.27. The molecule has 2 fully saturated rings. The molecular formula is C16H17N3O2S. The SMILES string of the molecule is CC12CCC(=O)N1C(C(=O)NCc1cccc(C#N)c1)CS2. The lowest BCUT2D eigenvalue weighted by atomic mass is 10.1. The molecule has 1 N–H and O–H groups in total. The molecule has 6 heteroatoms. The molecule has 0 aliphatic carbocycles. The molecule has 1 aromatic rings. The average Bonchev–Trinajstić information content (AvgIpc) is 3.02. The third-order valence-corrected chi connectivity index (χ3v) is 5.78. The Labute approximate surface area is 133 Å². The van der Waals surface area contributed by atoms with E-state index in [4.69, 9.17) is 5.26 Å². The van der Waals surface area contributed by atoms with Gasteiger partial charge in [0.15, 0.2) is 0 Å². The first kappa shape index (κ1) is 14.9. The molecule has 3 rings (SSSR count). The van der Waals surface area contributed by atoms with E-state index in [-0.39, 0.29) is 22.7 Å². The van der Waals surface area contributed by atoms with Gasteiger partial charge in [0.1, 0.15) is 6.04 Å². The number of nitriles is 1. The van der Waals surface area contributed by atoms with E-state index in [9.17, 15) is 9.59 Å². The molecule has 2 unspecified atom stereocenters. The van der Waals surface area contributed by atoms with E-state index < -0.39 is 0 Å². The molecule has 114 valence electrons. The average molecular weight is 315 g/mol. The Morgan fingerprint density at radius 3 is 3.18 bits per heavy atom. The number of thioether (sulfide) groups is 1. The van der Waals surface area contributed by atoms with Gasteiger partial charge in [-0.3, -0.25) is 9.59 Å². The van der Waals surface area contributed by atoms with Gasteiger partial charge >= 0.3 is 0 Å². The van der Waals surface area contributed by atoms with E-state index in [1.165, 1.54) is 0 Å². The van der Waals surface area contributed by atoms with Gasteiger partial charge in [-0.25, -0.2) is 0 Å². The first-order chi connectivity index (χ1) is 10.5. The highest BCUT2D eigenvalue weighted by Crippen LogP contribution is 2.47. The Kier molecular flexibility index (Phi) is 3.83. The number of fused-ring (bicyclic) bond motifs is 1. The molecule has 2 atom stereocenters. The number of amides is 2. The van der Waals surface area contributed by atoms with Gasteiger partial charge < -0.3 is 10.2 Å². The lowest BCUT2D eigenvalue weighted by Crippen LogP contribution is -2.49. The minimum absolute atomic E-state index is 0.0686. The summed E-state index contributed by atoms with van der Waals surface area (Å²) in [7, 11) is 0. The van der Waals surface area contributed by atoms with Crippen molar-refractivity contribution in [1.82, 2.24) is 10.2 Å². The van der Waals surface area contributed by atoms with E-state index >= 15 is 0 Å². The Morgan fingerprint density at radius 2 is 2.41 bits per heavy atom. The lowest BCUT2D eigenvalue weighted by molar-refractivity contribution is -0.138. The summed E-state index contributed by atoms with van der Waals surface area (Å²) in [5, 5.41) is 11.8. The topological polar surface area (TPSA) is 73.2 Å².